The van der Waals surface area contributed by atoms with Gasteiger partial charge >= 0.3 is 0 Å². The highest BCUT2D eigenvalue weighted by Gasteiger charge is 2.09. The number of hydrogen-bond donors (Lipinski definition) is 3. The number of anilines is 1. The first kappa shape index (κ1) is 13.0. The van der Waals surface area contributed by atoms with Crippen molar-refractivity contribution in [3.63, 3.8) is 0 Å². The fraction of sp³-hybridized carbons (Fsp3) is 0.333. The molecule has 0 aliphatic rings. The Bertz CT molecular complexity index is 404. The van der Waals surface area contributed by atoms with Crippen molar-refractivity contribution in [1.29, 1.82) is 0 Å². The van der Waals surface area contributed by atoms with Crippen LogP contribution in [0.4, 0.5) is 5.69 Å². The quantitative estimate of drug-likeness (QED) is 0.699. The van der Waals surface area contributed by atoms with Crippen LogP contribution in [0.2, 0.25) is 0 Å². The van der Waals surface area contributed by atoms with Crippen molar-refractivity contribution in [2.45, 2.75) is 6.42 Å². The maximum Gasteiger partial charge on any atom is 0.253 e. The fourth-order valence-electron chi connectivity index (χ4n) is 1.41. The van der Waals surface area contributed by atoms with Gasteiger partial charge in [-0.1, -0.05) is 12.1 Å². The fourth-order valence-corrected chi connectivity index (χ4v) is 1.41. The second kappa shape index (κ2) is 6.52. The van der Waals surface area contributed by atoms with Crippen LogP contribution in [0, 0.1) is 0 Å². The van der Waals surface area contributed by atoms with Gasteiger partial charge in [-0.15, -0.1) is 0 Å². The number of amides is 2. The standard InChI is InChI=1S/C12H17N3O2/c1-13-10-6-4-3-5-9(10)12(17)15-8-7-11(16)14-2/h3-6,13H,7-8H2,1-2H3,(H,14,16)(H,15,17). The van der Waals surface area contributed by atoms with Gasteiger partial charge in [0.15, 0.2) is 0 Å². The van der Waals surface area contributed by atoms with Crippen molar-refractivity contribution >= 4 is 17.5 Å². The van der Waals surface area contributed by atoms with Crippen molar-refractivity contribution in [2.75, 3.05) is 26.0 Å². The zero-order valence-corrected chi connectivity index (χ0v) is 10.0. The van der Waals surface area contributed by atoms with E-state index in [0.717, 1.165) is 5.69 Å². The summed E-state index contributed by atoms with van der Waals surface area (Å²) in [5, 5.41) is 8.14. The van der Waals surface area contributed by atoms with Crippen molar-refractivity contribution in [2.24, 2.45) is 0 Å². The molecule has 0 spiro atoms. The molecule has 1 aromatic rings. The molecule has 0 atom stereocenters. The Labute approximate surface area is 101 Å². The molecule has 1 aromatic carbocycles. The molecule has 0 saturated heterocycles. The Morgan fingerprint density at radius 3 is 2.53 bits per heavy atom. The van der Waals surface area contributed by atoms with Crippen LogP contribution >= 0.6 is 0 Å². The third-order valence-corrected chi connectivity index (χ3v) is 2.36. The van der Waals surface area contributed by atoms with E-state index in [1.54, 1.807) is 26.2 Å². The molecule has 0 unspecified atom stereocenters. The predicted octanol–water partition coefficient (Wildman–Crippen LogP) is 0.594. The highest BCUT2D eigenvalue weighted by atomic mass is 16.2. The Morgan fingerprint density at radius 2 is 1.88 bits per heavy atom. The van der Waals surface area contributed by atoms with Gasteiger partial charge in [-0.3, -0.25) is 9.59 Å². The summed E-state index contributed by atoms with van der Waals surface area (Å²) in [6.07, 6.45) is 0.282. The van der Waals surface area contributed by atoms with Gasteiger partial charge in [0.2, 0.25) is 5.91 Å². The number of carbonyl (C=O) groups is 2. The molecule has 0 heterocycles. The third kappa shape index (κ3) is 3.79. The van der Waals surface area contributed by atoms with Gasteiger partial charge in [0.05, 0.1) is 5.56 Å². The van der Waals surface area contributed by atoms with Gasteiger partial charge in [-0.2, -0.15) is 0 Å². The van der Waals surface area contributed by atoms with Crippen LogP contribution in [-0.4, -0.2) is 32.5 Å². The van der Waals surface area contributed by atoms with Crippen molar-refractivity contribution in [3.8, 4) is 0 Å². The normalized spacial score (nSPS) is 9.53. The van der Waals surface area contributed by atoms with E-state index >= 15 is 0 Å². The second-order valence-corrected chi connectivity index (χ2v) is 3.47. The summed E-state index contributed by atoms with van der Waals surface area (Å²) in [5.41, 5.74) is 1.34. The first-order valence-electron chi connectivity index (χ1n) is 5.44. The number of para-hydroxylation sites is 1. The average molecular weight is 235 g/mol. The lowest BCUT2D eigenvalue weighted by Crippen LogP contribution is -2.29. The molecule has 92 valence electrons. The first-order valence-corrected chi connectivity index (χ1v) is 5.44. The lowest BCUT2D eigenvalue weighted by atomic mass is 10.1. The minimum atomic E-state index is -0.182. The molecule has 0 aliphatic heterocycles. The molecule has 17 heavy (non-hydrogen) atoms. The Balaban J connectivity index is 2.55. The summed E-state index contributed by atoms with van der Waals surface area (Å²) < 4.78 is 0. The van der Waals surface area contributed by atoms with Crippen LogP contribution in [-0.2, 0) is 4.79 Å². The van der Waals surface area contributed by atoms with Gasteiger partial charge in [-0.05, 0) is 12.1 Å². The minimum absolute atomic E-state index is 0.0906. The number of hydrogen-bond acceptors (Lipinski definition) is 3. The molecular formula is C12H17N3O2. The lowest BCUT2D eigenvalue weighted by molar-refractivity contribution is -0.120. The second-order valence-electron chi connectivity index (χ2n) is 3.47. The monoisotopic (exact) mass is 235 g/mol. The van der Waals surface area contributed by atoms with Crippen LogP contribution in [0.3, 0.4) is 0 Å². The minimum Gasteiger partial charge on any atom is -0.387 e. The van der Waals surface area contributed by atoms with E-state index in [1.165, 1.54) is 0 Å². The number of rotatable bonds is 5. The van der Waals surface area contributed by atoms with Crippen LogP contribution < -0.4 is 16.0 Å². The average Bonchev–Trinajstić information content (AvgIpc) is 2.38. The Hall–Kier alpha value is -2.04. The van der Waals surface area contributed by atoms with Crippen molar-refractivity contribution in [3.05, 3.63) is 29.8 Å². The van der Waals surface area contributed by atoms with E-state index in [9.17, 15) is 9.59 Å². The smallest absolute Gasteiger partial charge is 0.253 e. The van der Waals surface area contributed by atoms with Gasteiger partial charge in [0, 0.05) is 32.7 Å². The Kier molecular flexibility index (Phi) is 5.00. The number of nitrogens with one attached hydrogen (secondary N) is 3. The molecule has 0 saturated carbocycles. The molecule has 3 N–H and O–H groups in total. The molecule has 0 fully saturated rings. The summed E-state index contributed by atoms with van der Waals surface area (Å²) in [7, 11) is 3.33. The zero-order valence-electron chi connectivity index (χ0n) is 10.0. The molecule has 0 aliphatic carbocycles. The predicted molar refractivity (Wildman–Crippen MR) is 67.0 cm³/mol. The van der Waals surface area contributed by atoms with Crippen LogP contribution in [0.5, 0.6) is 0 Å². The van der Waals surface area contributed by atoms with E-state index in [1.807, 2.05) is 12.1 Å². The summed E-state index contributed by atoms with van der Waals surface area (Å²) in [4.78, 5) is 22.8. The number of carbonyl (C=O) groups excluding carboxylic acids is 2. The zero-order chi connectivity index (χ0) is 12.7. The maximum absolute atomic E-state index is 11.8. The van der Waals surface area contributed by atoms with E-state index in [2.05, 4.69) is 16.0 Å². The molecule has 5 nitrogen and oxygen atoms in total. The number of benzene rings is 1. The molecule has 0 radical (unpaired) electrons. The largest absolute Gasteiger partial charge is 0.387 e. The van der Waals surface area contributed by atoms with Gasteiger partial charge < -0.3 is 16.0 Å². The first-order chi connectivity index (χ1) is 8.19. The van der Waals surface area contributed by atoms with E-state index < -0.39 is 0 Å². The Morgan fingerprint density at radius 1 is 1.18 bits per heavy atom. The molecule has 1 rings (SSSR count). The summed E-state index contributed by atoms with van der Waals surface area (Å²) in [6.45, 7) is 0.330. The van der Waals surface area contributed by atoms with Crippen molar-refractivity contribution in [1.82, 2.24) is 10.6 Å². The van der Waals surface area contributed by atoms with Crippen molar-refractivity contribution < 1.29 is 9.59 Å². The van der Waals surface area contributed by atoms with Crippen LogP contribution in [0.15, 0.2) is 24.3 Å². The maximum atomic E-state index is 11.8. The van der Waals surface area contributed by atoms with E-state index in [4.69, 9.17) is 0 Å². The molecule has 0 bridgehead atoms. The molecular weight excluding hydrogens is 218 g/mol. The third-order valence-electron chi connectivity index (χ3n) is 2.36. The SMILES string of the molecule is CNC(=O)CCNC(=O)c1ccccc1NC. The molecule has 0 aromatic heterocycles. The van der Waals surface area contributed by atoms with Crippen LogP contribution in [0.25, 0.3) is 0 Å². The van der Waals surface area contributed by atoms with Crippen LogP contribution in [0.1, 0.15) is 16.8 Å². The topological polar surface area (TPSA) is 70.2 Å². The molecule has 5 heteroatoms. The molecule has 2 amide bonds. The van der Waals surface area contributed by atoms with Gasteiger partial charge in [-0.25, -0.2) is 0 Å². The van der Waals surface area contributed by atoms with E-state index in [0.29, 0.717) is 12.1 Å². The highest BCUT2D eigenvalue weighted by molar-refractivity contribution is 5.99. The summed E-state index contributed by atoms with van der Waals surface area (Å²) >= 11 is 0. The summed E-state index contributed by atoms with van der Waals surface area (Å²) in [5.74, 6) is -0.272. The van der Waals surface area contributed by atoms with Gasteiger partial charge in [0.1, 0.15) is 0 Å². The lowest BCUT2D eigenvalue weighted by Gasteiger charge is -2.09. The van der Waals surface area contributed by atoms with Gasteiger partial charge in [0.25, 0.3) is 5.91 Å². The highest BCUT2D eigenvalue weighted by Crippen LogP contribution is 2.13. The summed E-state index contributed by atoms with van der Waals surface area (Å²) in [6, 6.07) is 7.22. The van der Waals surface area contributed by atoms with E-state index in [-0.39, 0.29) is 18.2 Å².